The van der Waals surface area contributed by atoms with Crippen molar-refractivity contribution in [1.82, 2.24) is 9.80 Å². The number of rotatable bonds is 11. The Labute approximate surface area is 117 Å². The summed E-state index contributed by atoms with van der Waals surface area (Å²) in [5.41, 5.74) is 0. The Morgan fingerprint density at radius 1 is 0.895 bits per heavy atom. The average molecular weight is 296 g/mol. The van der Waals surface area contributed by atoms with E-state index in [1.807, 2.05) is 51.8 Å². The molecule has 0 atom stereocenters. The lowest BCUT2D eigenvalue weighted by Crippen LogP contribution is -2.20. The van der Waals surface area contributed by atoms with Crippen LogP contribution >= 0.6 is 7.82 Å². The summed E-state index contributed by atoms with van der Waals surface area (Å²) in [6.45, 7) is 6.34. The Balaban J connectivity index is 4.23. The Morgan fingerprint density at radius 3 is 1.63 bits per heavy atom. The second kappa shape index (κ2) is 9.86. The molecule has 0 bridgehead atoms. The summed E-state index contributed by atoms with van der Waals surface area (Å²) in [5, 5.41) is 0. The van der Waals surface area contributed by atoms with E-state index in [4.69, 9.17) is 13.6 Å². The molecule has 7 heteroatoms. The van der Waals surface area contributed by atoms with Crippen LogP contribution in [0.1, 0.15) is 13.8 Å². The summed E-state index contributed by atoms with van der Waals surface area (Å²) in [6.07, 6.45) is 0. The van der Waals surface area contributed by atoms with Crippen molar-refractivity contribution >= 4 is 7.82 Å². The molecule has 0 radical (unpaired) electrons. The lowest BCUT2D eigenvalue weighted by Gasteiger charge is -2.21. The van der Waals surface area contributed by atoms with Gasteiger partial charge in [0.15, 0.2) is 0 Å². The van der Waals surface area contributed by atoms with Crippen molar-refractivity contribution in [2.75, 3.05) is 61.1 Å². The number of nitrogens with zero attached hydrogens (tertiary/aromatic N) is 2. The molecule has 116 valence electrons. The standard InChI is InChI=1S/C12H29N2O4P/c1-12(2)11-18-19(15,16-9-7-13(3)4)17-10-8-14(5)6/h12H,7-11H2,1-6H3. The Hall–Kier alpha value is 0.0300. The first-order chi connectivity index (χ1) is 8.75. The first-order valence-corrected chi connectivity index (χ1v) is 8.04. The minimum atomic E-state index is -3.44. The zero-order chi connectivity index (χ0) is 14.9. The molecule has 0 rings (SSSR count). The van der Waals surface area contributed by atoms with Gasteiger partial charge in [0.1, 0.15) is 0 Å². The third-order valence-electron chi connectivity index (χ3n) is 2.14. The fourth-order valence-corrected chi connectivity index (χ4v) is 2.34. The predicted octanol–water partition coefficient (Wildman–Crippen LogP) is 1.92. The van der Waals surface area contributed by atoms with E-state index in [2.05, 4.69) is 0 Å². The van der Waals surface area contributed by atoms with Crippen molar-refractivity contribution in [3.8, 4) is 0 Å². The van der Waals surface area contributed by atoms with Crippen LogP contribution in [0.25, 0.3) is 0 Å². The maximum absolute atomic E-state index is 12.4. The van der Waals surface area contributed by atoms with Gasteiger partial charge in [0.05, 0.1) is 19.8 Å². The summed E-state index contributed by atoms with van der Waals surface area (Å²) in [7, 11) is 4.27. The second-order valence-corrected chi connectivity index (χ2v) is 7.08. The maximum atomic E-state index is 12.4. The highest BCUT2D eigenvalue weighted by Gasteiger charge is 2.27. The van der Waals surface area contributed by atoms with Gasteiger partial charge in [-0.25, -0.2) is 4.57 Å². The van der Waals surface area contributed by atoms with E-state index in [0.717, 1.165) is 0 Å². The number of hydrogen-bond donors (Lipinski definition) is 0. The molecule has 0 amide bonds. The highest BCUT2D eigenvalue weighted by molar-refractivity contribution is 7.48. The van der Waals surface area contributed by atoms with Crippen LogP contribution < -0.4 is 0 Å². The van der Waals surface area contributed by atoms with Gasteiger partial charge in [-0.1, -0.05) is 13.8 Å². The third-order valence-corrected chi connectivity index (χ3v) is 3.60. The normalized spacial score (nSPS) is 12.9. The van der Waals surface area contributed by atoms with Gasteiger partial charge in [-0.15, -0.1) is 0 Å². The molecular weight excluding hydrogens is 267 g/mol. The molecule has 0 aromatic heterocycles. The molecule has 0 saturated carbocycles. The van der Waals surface area contributed by atoms with E-state index in [-0.39, 0.29) is 5.92 Å². The Kier molecular flexibility index (Phi) is 9.87. The molecule has 0 heterocycles. The van der Waals surface area contributed by atoms with E-state index >= 15 is 0 Å². The zero-order valence-electron chi connectivity index (χ0n) is 13.1. The largest absolute Gasteiger partial charge is 0.474 e. The molecule has 0 N–H and O–H groups in total. The highest BCUT2D eigenvalue weighted by atomic mass is 31.2. The van der Waals surface area contributed by atoms with Crippen molar-refractivity contribution in [2.45, 2.75) is 13.8 Å². The summed E-state index contributed by atoms with van der Waals surface area (Å²) in [4.78, 5) is 3.90. The van der Waals surface area contributed by atoms with Gasteiger partial charge in [0.25, 0.3) is 0 Å². The molecule has 0 aliphatic rings. The van der Waals surface area contributed by atoms with E-state index in [1.54, 1.807) is 0 Å². The fourth-order valence-electron chi connectivity index (χ4n) is 1.02. The topological polar surface area (TPSA) is 51.2 Å². The van der Waals surface area contributed by atoms with Crippen molar-refractivity contribution in [3.05, 3.63) is 0 Å². The molecule has 0 spiro atoms. The van der Waals surface area contributed by atoms with Crippen LogP contribution in [0.3, 0.4) is 0 Å². The SMILES string of the molecule is CC(C)COP(=O)(OCCN(C)C)OCCN(C)C. The minimum Gasteiger partial charge on any atom is -0.307 e. The smallest absolute Gasteiger partial charge is 0.307 e. The van der Waals surface area contributed by atoms with Crippen molar-refractivity contribution in [1.29, 1.82) is 0 Å². The molecular formula is C12H29N2O4P. The zero-order valence-corrected chi connectivity index (χ0v) is 14.0. The molecule has 0 fully saturated rings. The molecule has 6 nitrogen and oxygen atoms in total. The summed E-state index contributed by atoms with van der Waals surface area (Å²) >= 11 is 0. The number of likely N-dealkylation sites (N-methyl/N-ethyl adjacent to an activating group) is 2. The van der Waals surface area contributed by atoms with E-state index < -0.39 is 7.82 Å². The van der Waals surface area contributed by atoms with Gasteiger partial charge >= 0.3 is 7.82 Å². The van der Waals surface area contributed by atoms with Gasteiger partial charge in [-0.05, 0) is 34.1 Å². The van der Waals surface area contributed by atoms with Crippen LogP contribution in [0.5, 0.6) is 0 Å². The summed E-state index contributed by atoms with van der Waals surface area (Å²) in [5.74, 6) is 0.281. The van der Waals surface area contributed by atoms with Crippen LogP contribution in [0, 0.1) is 5.92 Å². The van der Waals surface area contributed by atoms with Crippen LogP contribution in [0.4, 0.5) is 0 Å². The van der Waals surface area contributed by atoms with Crippen LogP contribution in [0.15, 0.2) is 0 Å². The number of phosphoric ester groups is 1. The quantitative estimate of drug-likeness (QED) is 0.543. The first kappa shape index (κ1) is 19.0. The molecule has 0 unspecified atom stereocenters. The van der Waals surface area contributed by atoms with E-state index in [0.29, 0.717) is 32.9 Å². The number of phosphoric acid groups is 1. The summed E-state index contributed by atoms with van der Waals surface area (Å²) in [6, 6.07) is 0. The van der Waals surface area contributed by atoms with Gasteiger partial charge in [-0.2, -0.15) is 0 Å². The molecule has 0 aliphatic heterocycles. The highest BCUT2D eigenvalue weighted by Crippen LogP contribution is 2.49. The van der Waals surface area contributed by atoms with Crippen LogP contribution in [-0.4, -0.2) is 70.9 Å². The fraction of sp³-hybridized carbons (Fsp3) is 1.00. The van der Waals surface area contributed by atoms with E-state index in [1.165, 1.54) is 0 Å². The lowest BCUT2D eigenvalue weighted by molar-refractivity contribution is 0.0943. The minimum absolute atomic E-state index is 0.281. The first-order valence-electron chi connectivity index (χ1n) is 6.58. The van der Waals surface area contributed by atoms with Crippen LogP contribution in [0.2, 0.25) is 0 Å². The average Bonchev–Trinajstić information content (AvgIpc) is 2.25. The Morgan fingerprint density at radius 2 is 1.32 bits per heavy atom. The van der Waals surface area contributed by atoms with Gasteiger partial charge in [0, 0.05) is 13.1 Å². The van der Waals surface area contributed by atoms with E-state index in [9.17, 15) is 4.57 Å². The van der Waals surface area contributed by atoms with Crippen LogP contribution in [-0.2, 0) is 18.1 Å². The van der Waals surface area contributed by atoms with Crippen molar-refractivity contribution in [3.63, 3.8) is 0 Å². The molecule has 0 aromatic rings. The molecule has 0 saturated heterocycles. The van der Waals surface area contributed by atoms with Crippen molar-refractivity contribution in [2.24, 2.45) is 5.92 Å². The maximum Gasteiger partial charge on any atom is 0.474 e. The number of hydrogen-bond acceptors (Lipinski definition) is 6. The van der Waals surface area contributed by atoms with Crippen molar-refractivity contribution < 1.29 is 18.1 Å². The monoisotopic (exact) mass is 296 g/mol. The molecule has 0 aromatic carbocycles. The summed E-state index contributed by atoms with van der Waals surface area (Å²) < 4.78 is 28.4. The third kappa shape index (κ3) is 11.5. The molecule has 19 heavy (non-hydrogen) atoms. The second-order valence-electron chi connectivity index (χ2n) is 5.41. The van der Waals surface area contributed by atoms with Gasteiger partial charge in [-0.3, -0.25) is 13.6 Å². The van der Waals surface area contributed by atoms with Gasteiger partial charge in [0.2, 0.25) is 0 Å². The predicted molar refractivity (Wildman–Crippen MR) is 77.4 cm³/mol. The Bertz CT molecular complexity index is 254. The molecule has 0 aliphatic carbocycles. The lowest BCUT2D eigenvalue weighted by atomic mass is 10.2. The van der Waals surface area contributed by atoms with Gasteiger partial charge < -0.3 is 9.80 Å².